The van der Waals surface area contributed by atoms with Crippen LogP contribution in [-0.2, 0) is 0 Å². The molecule has 0 aliphatic rings. The zero-order valence-corrected chi connectivity index (χ0v) is 32.2. The van der Waals surface area contributed by atoms with Crippen LogP contribution in [0.4, 0.5) is 0 Å². The lowest BCUT2D eigenvalue weighted by Gasteiger charge is -2.15. The molecule has 0 aliphatic carbocycles. The van der Waals surface area contributed by atoms with E-state index in [1.165, 1.54) is 16.2 Å². The molecule has 0 unspecified atom stereocenters. The number of nitrogens with zero attached hydrogens (tertiary/aromatic N) is 4. The van der Waals surface area contributed by atoms with Crippen LogP contribution in [0, 0.1) is 0 Å². The molecule has 0 amide bonds. The van der Waals surface area contributed by atoms with Crippen molar-refractivity contribution in [2.24, 2.45) is 0 Å². The van der Waals surface area contributed by atoms with Crippen molar-refractivity contribution < 1.29 is 4.42 Å². The van der Waals surface area contributed by atoms with Gasteiger partial charge in [0.15, 0.2) is 11.6 Å². The normalized spacial score (nSPS) is 12.0. The van der Waals surface area contributed by atoms with E-state index in [0.29, 0.717) is 17.6 Å². The van der Waals surface area contributed by atoms with E-state index in [4.69, 9.17) is 19.4 Å². The van der Waals surface area contributed by atoms with Crippen molar-refractivity contribution in [1.82, 2.24) is 19.5 Å². The Bertz CT molecular complexity index is 3900. The summed E-state index contributed by atoms with van der Waals surface area (Å²) in [6, 6.07) is 68.5. The Balaban J connectivity index is 1.19. The third-order valence-electron chi connectivity index (χ3n) is 12.2. The van der Waals surface area contributed by atoms with Gasteiger partial charge in [-0.3, -0.25) is 4.57 Å². The number of hydrogen-bond donors (Lipinski definition) is 0. The standard InChI is InChI=1S/C55H32N4O/c1-2-14-33(15-3-1)37-29-30-43(42-23-11-10-22-41(37)42)53-56-54(46-32-36-18-6-9-21-40(36)52-50(46)44-24-12-13-25-48(44)60-52)58-55(57-53)59-47-31-27-34-16-4-7-19-38(34)49(47)45-28-26-35-17-5-8-20-39(35)51(45)59/h1-32H. The molecule has 0 bridgehead atoms. The Hall–Kier alpha value is -8.15. The van der Waals surface area contributed by atoms with Crippen molar-refractivity contribution in [3.63, 3.8) is 0 Å². The maximum absolute atomic E-state index is 6.69. The van der Waals surface area contributed by atoms with Gasteiger partial charge in [0.1, 0.15) is 11.2 Å². The summed E-state index contributed by atoms with van der Waals surface area (Å²) in [5.74, 6) is 1.72. The fourth-order valence-corrected chi connectivity index (χ4v) is 9.56. The molecule has 0 radical (unpaired) electrons. The summed E-state index contributed by atoms with van der Waals surface area (Å²) in [7, 11) is 0. The topological polar surface area (TPSA) is 56.7 Å². The average Bonchev–Trinajstić information content (AvgIpc) is 3.88. The molecule has 60 heavy (non-hydrogen) atoms. The number of furan rings is 1. The van der Waals surface area contributed by atoms with E-state index < -0.39 is 0 Å². The minimum atomic E-state index is 0.548. The van der Waals surface area contributed by atoms with Crippen molar-refractivity contribution in [2.75, 3.05) is 0 Å². The molecule has 0 atom stereocenters. The summed E-state index contributed by atoms with van der Waals surface area (Å²) in [6.07, 6.45) is 0. The first-order valence-corrected chi connectivity index (χ1v) is 20.3. The fraction of sp³-hybridized carbons (Fsp3) is 0. The van der Waals surface area contributed by atoms with Crippen molar-refractivity contribution in [3.05, 3.63) is 194 Å². The van der Waals surface area contributed by atoms with Gasteiger partial charge in [0.25, 0.3) is 0 Å². The first kappa shape index (κ1) is 32.9. The summed E-state index contributed by atoms with van der Waals surface area (Å²) in [6.45, 7) is 0. The summed E-state index contributed by atoms with van der Waals surface area (Å²) in [5.41, 5.74) is 7.87. The zero-order chi connectivity index (χ0) is 39.3. The van der Waals surface area contributed by atoms with Gasteiger partial charge in [0.2, 0.25) is 5.95 Å². The molecule has 3 heterocycles. The summed E-state index contributed by atoms with van der Waals surface area (Å²) in [4.78, 5) is 16.5. The predicted molar refractivity (Wildman–Crippen MR) is 248 cm³/mol. The van der Waals surface area contributed by atoms with Gasteiger partial charge in [-0.25, -0.2) is 4.98 Å². The van der Waals surface area contributed by atoms with Crippen LogP contribution in [0.5, 0.6) is 0 Å². The lowest BCUT2D eigenvalue weighted by Crippen LogP contribution is -2.07. The van der Waals surface area contributed by atoms with Gasteiger partial charge in [0, 0.05) is 43.4 Å². The third kappa shape index (κ3) is 4.77. The van der Waals surface area contributed by atoms with Gasteiger partial charge < -0.3 is 4.42 Å². The highest BCUT2D eigenvalue weighted by Gasteiger charge is 2.24. The van der Waals surface area contributed by atoms with E-state index in [2.05, 4.69) is 187 Å². The molecule has 13 rings (SSSR count). The Morgan fingerprint density at radius 3 is 1.75 bits per heavy atom. The second kappa shape index (κ2) is 12.7. The summed E-state index contributed by atoms with van der Waals surface area (Å²) >= 11 is 0. The van der Waals surface area contributed by atoms with Crippen LogP contribution >= 0.6 is 0 Å². The molecule has 13 aromatic rings. The maximum Gasteiger partial charge on any atom is 0.238 e. The average molecular weight is 765 g/mol. The first-order chi connectivity index (χ1) is 29.8. The highest BCUT2D eigenvalue weighted by Crippen LogP contribution is 2.44. The van der Waals surface area contributed by atoms with Gasteiger partial charge in [-0.05, 0) is 67.7 Å². The quantitative estimate of drug-likeness (QED) is 0.179. The van der Waals surface area contributed by atoms with Gasteiger partial charge in [-0.1, -0.05) is 170 Å². The Morgan fingerprint density at radius 2 is 0.950 bits per heavy atom. The van der Waals surface area contributed by atoms with Crippen LogP contribution in [0.2, 0.25) is 0 Å². The third-order valence-corrected chi connectivity index (χ3v) is 12.2. The van der Waals surface area contributed by atoms with Crippen LogP contribution in [0.3, 0.4) is 0 Å². The minimum absolute atomic E-state index is 0.548. The number of para-hydroxylation sites is 1. The summed E-state index contributed by atoms with van der Waals surface area (Å²) in [5, 5.41) is 13.3. The van der Waals surface area contributed by atoms with Crippen LogP contribution in [0.1, 0.15) is 0 Å². The monoisotopic (exact) mass is 764 g/mol. The predicted octanol–water partition coefficient (Wildman–Crippen LogP) is 14.5. The van der Waals surface area contributed by atoms with E-state index in [-0.39, 0.29) is 0 Å². The van der Waals surface area contributed by atoms with Crippen LogP contribution < -0.4 is 0 Å². The van der Waals surface area contributed by atoms with E-state index in [1.807, 2.05) is 12.1 Å². The molecule has 0 aliphatic heterocycles. The second-order valence-electron chi connectivity index (χ2n) is 15.5. The highest BCUT2D eigenvalue weighted by molar-refractivity contribution is 6.26. The number of hydrogen-bond acceptors (Lipinski definition) is 4. The number of rotatable bonds is 4. The van der Waals surface area contributed by atoms with Gasteiger partial charge in [0.05, 0.1) is 11.0 Å². The number of benzene rings is 10. The summed E-state index contributed by atoms with van der Waals surface area (Å²) < 4.78 is 8.95. The van der Waals surface area contributed by atoms with Gasteiger partial charge in [-0.15, -0.1) is 0 Å². The molecule has 10 aromatic carbocycles. The van der Waals surface area contributed by atoms with Crippen LogP contribution in [0.25, 0.3) is 127 Å². The first-order valence-electron chi connectivity index (χ1n) is 20.3. The molecule has 3 aromatic heterocycles. The highest BCUT2D eigenvalue weighted by atomic mass is 16.3. The zero-order valence-electron chi connectivity index (χ0n) is 32.2. The minimum Gasteiger partial charge on any atom is -0.455 e. The number of fused-ring (bicyclic) bond motifs is 13. The number of aromatic nitrogens is 4. The molecule has 5 heteroatoms. The van der Waals surface area contributed by atoms with Crippen molar-refractivity contribution >= 4 is 86.8 Å². The van der Waals surface area contributed by atoms with Crippen molar-refractivity contribution in [2.45, 2.75) is 0 Å². The Morgan fingerprint density at radius 1 is 0.367 bits per heavy atom. The molecule has 0 N–H and O–H groups in total. The molecule has 0 spiro atoms. The molecule has 0 fully saturated rings. The van der Waals surface area contributed by atoms with Crippen molar-refractivity contribution in [3.8, 4) is 39.9 Å². The smallest absolute Gasteiger partial charge is 0.238 e. The molecule has 5 nitrogen and oxygen atoms in total. The molecule has 0 saturated carbocycles. The lowest BCUT2D eigenvalue weighted by atomic mass is 9.94. The Kier molecular flexibility index (Phi) is 6.95. The SMILES string of the molecule is c1ccc(-c2ccc(-c3nc(-c4cc5ccccc5c5oc6ccccc6c45)nc(-n4c5ccc6ccccc6c5c5ccc6ccccc6c54)n3)c3ccccc23)cc1. The van der Waals surface area contributed by atoms with Crippen molar-refractivity contribution in [1.29, 1.82) is 0 Å². The fourth-order valence-electron chi connectivity index (χ4n) is 9.56. The van der Waals surface area contributed by atoms with E-state index in [0.717, 1.165) is 92.9 Å². The van der Waals surface area contributed by atoms with E-state index in [1.54, 1.807) is 0 Å². The molecular weight excluding hydrogens is 733 g/mol. The second-order valence-corrected chi connectivity index (χ2v) is 15.5. The molecule has 0 saturated heterocycles. The van der Waals surface area contributed by atoms with E-state index >= 15 is 0 Å². The van der Waals surface area contributed by atoms with Gasteiger partial charge in [-0.2, -0.15) is 9.97 Å². The van der Waals surface area contributed by atoms with Crippen LogP contribution in [0.15, 0.2) is 199 Å². The maximum atomic E-state index is 6.69. The largest absolute Gasteiger partial charge is 0.455 e. The molecular formula is C55H32N4O. The van der Waals surface area contributed by atoms with E-state index in [9.17, 15) is 0 Å². The molecule has 278 valence electrons. The Labute approximate surface area is 343 Å². The van der Waals surface area contributed by atoms with Crippen LogP contribution in [-0.4, -0.2) is 19.5 Å². The lowest BCUT2D eigenvalue weighted by molar-refractivity contribution is 0.672. The van der Waals surface area contributed by atoms with Gasteiger partial charge >= 0.3 is 0 Å².